The number of benzene rings is 2. The van der Waals surface area contributed by atoms with Gasteiger partial charge in [0.1, 0.15) is 19.0 Å². The van der Waals surface area contributed by atoms with Crippen LogP contribution in [0.25, 0.3) is 0 Å². The van der Waals surface area contributed by atoms with Crippen LogP contribution in [0.4, 0.5) is 4.79 Å². The Labute approximate surface area is 158 Å². The summed E-state index contributed by atoms with van der Waals surface area (Å²) in [5.41, 5.74) is 4.16. The maximum atomic E-state index is 11.0. The highest BCUT2D eigenvalue weighted by atomic mass is 16.5. The van der Waals surface area contributed by atoms with Gasteiger partial charge in [0, 0.05) is 0 Å². The molecule has 0 unspecified atom stereocenters. The molecule has 7 heteroatoms. The number of hydrogen-bond donors (Lipinski definition) is 1. The molecule has 0 heterocycles. The molecule has 0 saturated carbocycles. The molecule has 0 aromatic heterocycles. The first-order chi connectivity index (χ1) is 13.1. The predicted octanol–water partition coefficient (Wildman–Crippen LogP) is 3.54. The average Bonchev–Trinajstić information content (AvgIpc) is 2.68. The number of nitrogens with one attached hydrogen (secondary N) is 1. The number of rotatable bonds is 9. The summed E-state index contributed by atoms with van der Waals surface area (Å²) in [6.07, 6.45) is 0.855. The fourth-order valence-electron chi connectivity index (χ4n) is 2.14. The maximum absolute atomic E-state index is 11.0. The Morgan fingerprint density at radius 2 is 1.78 bits per heavy atom. The van der Waals surface area contributed by atoms with Crippen molar-refractivity contribution in [3.63, 3.8) is 0 Å². The van der Waals surface area contributed by atoms with Gasteiger partial charge in [0.25, 0.3) is 0 Å². The Morgan fingerprint density at radius 3 is 2.48 bits per heavy atom. The Bertz CT molecular complexity index is 759. The van der Waals surface area contributed by atoms with E-state index in [-0.39, 0.29) is 0 Å². The SMILES string of the molecule is CCOc1cc(/C=N\NC(=O)OC)ccc1OCCOc1ccc(C)cc1. The minimum Gasteiger partial charge on any atom is -0.490 e. The molecule has 0 fully saturated rings. The quantitative estimate of drug-likeness (QED) is 0.414. The van der Waals surface area contributed by atoms with Crippen molar-refractivity contribution < 1.29 is 23.7 Å². The minimum atomic E-state index is -0.634. The number of hydrazone groups is 1. The summed E-state index contributed by atoms with van der Waals surface area (Å²) in [5, 5.41) is 3.79. The number of methoxy groups -OCH3 is 1. The van der Waals surface area contributed by atoms with Crippen molar-refractivity contribution in [1.82, 2.24) is 5.43 Å². The zero-order valence-corrected chi connectivity index (χ0v) is 15.7. The highest BCUT2D eigenvalue weighted by Crippen LogP contribution is 2.28. The van der Waals surface area contributed by atoms with E-state index in [4.69, 9.17) is 14.2 Å². The van der Waals surface area contributed by atoms with Crippen LogP contribution < -0.4 is 19.6 Å². The second kappa shape index (κ2) is 10.7. The molecule has 0 aliphatic rings. The van der Waals surface area contributed by atoms with Crippen LogP contribution in [0.15, 0.2) is 47.6 Å². The van der Waals surface area contributed by atoms with Crippen molar-refractivity contribution in [3.05, 3.63) is 53.6 Å². The summed E-state index contributed by atoms with van der Waals surface area (Å²) in [6.45, 7) is 5.22. The van der Waals surface area contributed by atoms with E-state index in [1.54, 1.807) is 18.2 Å². The number of aryl methyl sites for hydroxylation is 1. The first kappa shape index (κ1) is 20.1. The molecule has 7 nitrogen and oxygen atoms in total. The lowest BCUT2D eigenvalue weighted by Gasteiger charge is -2.13. The van der Waals surface area contributed by atoms with Gasteiger partial charge in [0.05, 0.1) is 19.9 Å². The van der Waals surface area contributed by atoms with E-state index in [0.717, 1.165) is 11.3 Å². The van der Waals surface area contributed by atoms with Crippen molar-refractivity contribution in [2.24, 2.45) is 5.10 Å². The zero-order chi connectivity index (χ0) is 19.5. The Balaban J connectivity index is 1.90. The highest BCUT2D eigenvalue weighted by molar-refractivity contribution is 5.82. The molecule has 0 aliphatic carbocycles. The van der Waals surface area contributed by atoms with Gasteiger partial charge in [-0.2, -0.15) is 5.10 Å². The molecule has 0 bridgehead atoms. The summed E-state index contributed by atoms with van der Waals surface area (Å²) < 4.78 is 21.5. The van der Waals surface area contributed by atoms with E-state index < -0.39 is 6.09 Å². The van der Waals surface area contributed by atoms with Crippen molar-refractivity contribution in [3.8, 4) is 17.2 Å². The largest absolute Gasteiger partial charge is 0.490 e. The highest BCUT2D eigenvalue weighted by Gasteiger charge is 2.06. The van der Waals surface area contributed by atoms with E-state index in [2.05, 4.69) is 15.3 Å². The number of nitrogens with zero attached hydrogens (tertiary/aromatic N) is 1. The lowest BCUT2D eigenvalue weighted by Crippen LogP contribution is -2.16. The van der Waals surface area contributed by atoms with Crippen LogP contribution in [-0.2, 0) is 4.74 Å². The summed E-state index contributed by atoms with van der Waals surface area (Å²) in [5.74, 6) is 2.01. The standard InChI is InChI=1S/C20H24N2O5/c1-4-25-19-13-16(14-21-22-20(23)24-3)7-10-18(19)27-12-11-26-17-8-5-15(2)6-9-17/h5-10,13-14H,4,11-12H2,1-3H3,(H,22,23)/b21-14-. The van der Waals surface area contributed by atoms with Gasteiger partial charge in [-0.3, -0.25) is 0 Å². The van der Waals surface area contributed by atoms with E-state index >= 15 is 0 Å². The van der Waals surface area contributed by atoms with Crippen molar-refractivity contribution in [2.75, 3.05) is 26.9 Å². The van der Waals surface area contributed by atoms with Gasteiger partial charge in [-0.25, -0.2) is 10.2 Å². The molecule has 0 saturated heterocycles. The predicted molar refractivity (Wildman–Crippen MR) is 103 cm³/mol. The normalized spacial score (nSPS) is 10.5. The Morgan fingerprint density at radius 1 is 1.04 bits per heavy atom. The zero-order valence-electron chi connectivity index (χ0n) is 15.7. The first-order valence-corrected chi connectivity index (χ1v) is 8.58. The van der Waals surface area contributed by atoms with Gasteiger partial charge < -0.3 is 18.9 Å². The molecule has 1 amide bonds. The Kier molecular flexibility index (Phi) is 7.96. The molecular formula is C20H24N2O5. The first-order valence-electron chi connectivity index (χ1n) is 8.58. The van der Waals surface area contributed by atoms with E-state index in [9.17, 15) is 4.79 Å². The molecule has 0 radical (unpaired) electrons. The molecule has 1 N–H and O–H groups in total. The monoisotopic (exact) mass is 372 g/mol. The molecule has 27 heavy (non-hydrogen) atoms. The van der Waals surface area contributed by atoms with Gasteiger partial charge in [0.15, 0.2) is 11.5 Å². The lowest BCUT2D eigenvalue weighted by atomic mass is 10.2. The third-order valence-electron chi connectivity index (χ3n) is 3.45. The number of hydrogen-bond acceptors (Lipinski definition) is 6. The van der Waals surface area contributed by atoms with Crippen molar-refractivity contribution >= 4 is 12.3 Å². The molecule has 2 rings (SSSR count). The fraction of sp³-hybridized carbons (Fsp3) is 0.300. The van der Waals surface area contributed by atoms with Gasteiger partial charge in [-0.05, 0) is 49.7 Å². The van der Waals surface area contributed by atoms with E-state index in [0.29, 0.717) is 31.3 Å². The number of amides is 1. The van der Waals surface area contributed by atoms with Crippen LogP contribution in [0.3, 0.4) is 0 Å². The van der Waals surface area contributed by atoms with Crippen LogP contribution in [0.2, 0.25) is 0 Å². The van der Waals surface area contributed by atoms with Gasteiger partial charge in [-0.1, -0.05) is 17.7 Å². The Hall–Kier alpha value is -3.22. The summed E-state index contributed by atoms with van der Waals surface area (Å²) in [4.78, 5) is 11.0. The van der Waals surface area contributed by atoms with Gasteiger partial charge in [-0.15, -0.1) is 0 Å². The minimum absolute atomic E-state index is 0.380. The second-order valence-electron chi connectivity index (χ2n) is 5.51. The number of ether oxygens (including phenoxy) is 4. The topological polar surface area (TPSA) is 78.4 Å². The van der Waals surface area contributed by atoms with Crippen LogP contribution in [0, 0.1) is 6.92 Å². The lowest BCUT2D eigenvalue weighted by molar-refractivity contribution is 0.171. The average molecular weight is 372 g/mol. The van der Waals surface area contributed by atoms with Crippen LogP contribution >= 0.6 is 0 Å². The second-order valence-corrected chi connectivity index (χ2v) is 5.51. The van der Waals surface area contributed by atoms with Crippen LogP contribution in [0.1, 0.15) is 18.1 Å². The summed E-state index contributed by atoms with van der Waals surface area (Å²) >= 11 is 0. The van der Waals surface area contributed by atoms with Crippen LogP contribution in [0.5, 0.6) is 17.2 Å². The molecule has 0 atom stereocenters. The fourth-order valence-corrected chi connectivity index (χ4v) is 2.14. The third kappa shape index (κ3) is 6.89. The maximum Gasteiger partial charge on any atom is 0.427 e. The molecule has 0 spiro atoms. The molecule has 2 aromatic carbocycles. The molecular weight excluding hydrogens is 348 g/mol. The van der Waals surface area contributed by atoms with Gasteiger partial charge >= 0.3 is 6.09 Å². The van der Waals surface area contributed by atoms with Crippen molar-refractivity contribution in [2.45, 2.75) is 13.8 Å². The molecule has 144 valence electrons. The number of carbonyl (C=O) groups excluding carboxylic acids is 1. The smallest absolute Gasteiger partial charge is 0.427 e. The van der Waals surface area contributed by atoms with E-state index in [1.807, 2.05) is 38.1 Å². The van der Waals surface area contributed by atoms with E-state index in [1.165, 1.54) is 18.9 Å². The third-order valence-corrected chi connectivity index (χ3v) is 3.45. The van der Waals surface area contributed by atoms with Gasteiger partial charge in [0.2, 0.25) is 0 Å². The molecule has 0 aliphatic heterocycles. The summed E-state index contributed by atoms with van der Waals surface area (Å²) in [6, 6.07) is 13.2. The molecule has 2 aromatic rings. The van der Waals surface area contributed by atoms with Crippen LogP contribution in [-0.4, -0.2) is 39.2 Å². The number of carbonyl (C=O) groups is 1. The van der Waals surface area contributed by atoms with Crippen molar-refractivity contribution in [1.29, 1.82) is 0 Å². The summed E-state index contributed by atoms with van der Waals surface area (Å²) in [7, 11) is 1.27.